The lowest BCUT2D eigenvalue weighted by atomic mass is 10.1. The molecular formula is C17H25N3O2. The van der Waals surface area contributed by atoms with Crippen molar-refractivity contribution in [3.8, 4) is 0 Å². The second kappa shape index (κ2) is 7.29. The minimum absolute atomic E-state index is 0.0218. The zero-order valence-corrected chi connectivity index (χ0v) is 13.6. The number of rotatable bonds is 5. The highest BCUT2D eigenvalue weighted by Gasteiger charge is 2.45. The summed E-state index contributed by atoms with van der Waals surface area (Å²) in [6.45, 7) is 2.11. The van der Waals surface area contributed by atoms with Crippen LogP contribution in [0.25, 0.3) is 0 Å². The molecular weight excluding hydrogens is 278 g/mol. The predicted octanol–water partition coefficient (Wildman–Crippen LogP) is 2.23. The molecule has 0 aromatic heterocycles. The van der Waals surface area contributed by atoms with Crippen LogP contribution in [0, 0.1) is 0 Å². The van der Waals surface area contributed by atoms with Crippen LogP contribution in [0.2, 0.25) is 0 Å². The van der Waals surface area contributed by atoms with Crippen LogP contribution in [0.1, 0.15) is 31.7 Å². The lowest BCUT2D eigenvalue weighted by Crippen LogP contribution is -2.48. The molecule has 1 N–H and O–H groups in total. The van der Waals surface area contributed by atoms with E-state index < -0.39 is 6.04 Å². The number of urea groups is 1. The number of amides is 3. The average Bonchev–Trinajstić information content (AvgIpc) is 2.78. The van der Waals surface area contributed by atoms with Gasteiger partial charge < -0.3 is 10.2 Å². The Morgan fingerprint density at radius 1 is 1.27 bits per heavy atom. The van der Waals surface area contributed by atoms with Crippen LogP contribution in [0.4, 0.5) is 4.79 Å². The van der Waals surface area contributed by atoms with Crippen LogP contribution >= 0.6 is 0 Å². The minimum atomic E-state index is -0.422. The van der Waals surface area contributed by atoms with Gasteiger partial charge in [0.15, 0.2) is 0 Å². The molecule has 3 amide bonds. The van der Waals surface area contributed by atoms with Crippen molar-refractivity contribution in [2.75, 3.05) is 14.1 Å². The summed E-state index contributed by atoms with van der Waals surface area (Å²) in [5.74, 6) is 0.0218. The maximum Gasteiger partial charge on any atom is 0.319 e. The summed E-state index contributed by atoms with van der Waals surface area (Å²) in [6.07, 6.45) is 3.26. The number of hydrogen-bond donors (Lipinski definition) is 1. The molecule has 5 heteroatoms. The van der Waals surface area contributed by atoms with Crippen LogP contribution in [0.3, 0.4) is 0 Å². The molecule has 0 radical (unpaired) electrons. The van der Waals surface area contributed by atoms with E-state index in [0.29, 0.717) is 6.42 Å². The third-order valence-corrected chi connectivity index (χ3v) is 4.27. The number of nitrogens with one attached hydrogen (secondary N) is 1. The Labute approximate surface area is 132 Å². The molecule has 0 bridgehead atoms. The third-order valence-electron chi connectivity index (χ3n) is 4.27. The second-order valence-electron chi connectivity index (χ2n) is 5.74. The van der Waals surface area contributed by atoms with Crippen molar-refractivity contribution in [2.24, 2.45) is 0 Å². The quantitative estimate of drug-likeness (QED) is 0.907. The van der Waals surface area contributed by atoms with Gasteiger partial charge in [-0.2, -0.15) is 0 Å². The molecule has 120 valence electrons. The molecule has 1 aromatic rings. The van der Waals surface area contributed by atoms with E-state index in [1.165, 1.54) is 0 Å². The minimum Gasteiger partial charge on any atom is -0.341 e. The van der Waals surface area contributed by atoms with Gasteiger partial charge in [0.25, 0.3) is 0 Å². The summed E-state index contributed by atoms with van der Waals surface area (Å²) in [7, 11) is 3.41. The van der Waals surface area contributed by atoms with Gasteiger partial charge in [0, 0.05) is 20.5 Å². The maximum atomic E-state index is 12.6. The first-order valence-corrected chi connectivity index (χ1v) is 7.90. The maximum absolute atomic E-state index is 12.6. The van der Waals surface area contributed by atoms with Gasteiger partial charge >= 0.3 is 6.03 Å². The van der Waals surface area contributed by atoms with Gasteiger partial charge in [-0.1, -0.05) is 43.7 Å². The SMILES string of the molecule is CCCCC1N(C)C(=O)[C@H](Cc2ccccc2)N1C(=O)NC. The molecule has 0 spiro atoms. The Morgan fingerprint density at radius 2 is 1.95 bits per heavy atom. The number of nitrogens with zero attached hydrogens (tertiary/aromatic N) is 2. The number of likely N-dealkylation sites (N-methyl/N-ethyl adjacent to an activating group) is 1. The lowest BCUT2D eigenvalue weighted by molar-refractivity contribution is -0.128. The first-order valence-electron chi connectivity index (χ1n) is 7.90. The molecule has 1 aromatic carbocycles. The Balaban J connectivity index is 2.24. The average molecular weight is 303 g/mol. The first kappa shape index (κ1) is 16.3. The summed E-state index contributed by atoms with van der Waals surface area (Å²) in [4.78, 5) is 28.4. The van der Waals surface area contributed by atoms with Gasteiger partial charge in [-0.25, -0.2) is 4.79 Å². The van der Waals surface area contributed by atoms with Crippen molar-refractivity contribution in [3.63, 3.8) is 0 Å². The Hall–Kier alpha value is -2.04. The molecule has 2 rings (SSSR count). The lowest BCUT2D eigenvalue weighted by Gasteiger charge is -2.29. The summed E-state index contributed by atoms with van der Waals surface area (Å²) in [5, 5.41) is 2.68. The molecule has 1 unspecified atom stereocenters. The van der Waals surface area contributed by atoms with Crippen molar-refractivity contribution in [1.82, 2.24) is 15.1 Å². The molecule has 5 nitrogen and oxygen atoms in total. The predicted molar refractivity (Wildman–Crippen MR) is 86.3 cm³/mol. The molecule has 1 fully saturated rings. The van der Waals surface area contributed by atoms with Gasteiger partial charge in [-0.05, 0) is 18.4 Å². The fourth-order valence-electron chi connectivity index (χ4n) is 3.04. The standard InChI is InChI=1S/C17H25N3O2/c1-4-5-11-15-19(3)16(21)14(20(15)17(22)18-2)12-13-9-7-6-8-10-13/h6-10,14-15H,4-5,11-12H2,1-3H3,(H,18,22)/t14-,15?/m0/s1. The van der Waals surface area contributed by atoms with E-state index in [4.69, 9.17) is 0 Å². The summed E-state index contributed by atoms with van der Waals surface area (Å²) >= 11 is 0. The van der Waals surface area contributed by atoms with Crippen molar-refractivity contribution in [3.05, 3.63) is 35.9 Å². The fourth-order valence-corrected chi connectivity index (χ4v) is 3.04. The van der Waals surface area contributed by atoms with Crippen LogP contribution in [0.15, 0.2) is 30.3 Å². The van der Waals surface area contributed by atoms with E-state index in [1.807, 2.05) is 30.3 Å². The van der Waals surface area contributed by atoms with Gasteiger partial charge in [-0.15, -0.1) is 0 Å². The number of benzene rings is 1. The van der Waals surface area contributed by atoms with Gasteiger partial charge in [0.1, 0.15) is 12.2 Å². The van der Waals surface area contributed by atoms with Crippen LogP contribution < -0.4 is 5.32 Å². The van der Waals surface area contributed by atoms with E-state index in [1.54, 1.807) is 23.9 Å². The highest BCUT2D eigenvalue weighted by Crippen LogP contribution is 2.27. The highest BCUT2D eigenvalue weighted by molar-refractivity contribution is 5.90. The van der Waals surface area contributed by atoms with Gasteiger partial charge in [0.05, 0.1) is 0 Å². The molecule has 0 saturated carbocycles. The summed E-state index contributed by atoms with van der Waals surface area (Å²) in [6, 6.07) is 9.25. The second-order valence-corrected chi connectivity index (χ2v) is 5.74. The summed E-state index contributed by atoms with van der Waals surface area (Å²) in [5.41, 5.74) is 1.07. The van der Waals surface area contributed by atoms with Crippen LogP contribution in [-0.4, -0.2) is 48.0 Å². The van der Waals surface area contributed by atoms with E-state index in [2.05, 4.69) is 12.2 Å². The van der Waals surface area contributed by atoms with Gasteiger partial charge in [-0.3, -0.25) is 9.69 Å². The number of hydrogen-bond acceptors (Lipinski definition) is 2. The smallest absolute Gasteiger partial charge is 0.319 e. The van der Waals surface area contributed by atoms with Crippen LogP contribution in [-0.2, 0) is 11.2 Å². The van der Waals surface area contributed by atoms with E-state index in [0.717, 1.165) is 24.8 Å². The molecule has 1 aliphatic heterocycles. The molecule has 2 atom stereocenters. The van der Waals surface area contributed by atoms with Crippen LogP contribution in [0.5, 0.6) is 0 Å². The zero-order chi connectivity index (χ0) is 16.1. The Morgan fingerprint density at radius 3 is 2.55 bits per heavy atom. The Kier molecular flexibility index (Phi) is 5.41. The van der Waals surface area contributed by atoms with Gasteiger partial charge in [0.2, 0.25) is 5.91 Å². The summed E-state index contributed by atoms with van der Waals surface area (Å²) < 4.78 is 0. The normalized spacial score (nSPS) is 21.3. The largest absolute Gasteiger partial charge is 0.341 e. The van der Waals surface area contributed by atoms with Crippen molar-refractivity contribution in [2.45, 2.75) is 44.8 Å². The molecule has 0 aliphatic carbocycles. The number of carbonyl (C=O) groups excluding carboxylic acids is 2. The number of unbranched alkanes of at least 4 members (excludes halogenated alkanes) is 1. The zero-order valence-electron chi connectivity index (χ0n) is 13.6. The molecule has 22 heavy (non-hydrogen) atoms. The number of carbonyl (C=O) groups is 2. The molecule has 1 heterocycles. The highest BCUT2D eigenvalue weighted by atomic mass is 16.2. The van der Waals surface area contributed by atoms with Crippen molar-refractivity contribution in [1.29, 1.82) is 0 Å². The Bertz CT molecular complexity index is 518. The fraction of sp³-hybridized carbons (Fsp3) is 0.529. The molecule has 1 saturated heterocycles. The van der Waals surface area contributed by atoms with Crippen molar-refractivity contribution < 1.29 is 9.59 Å². The van der Waals surface area contributed by atoms with E-state index in [9.17, 15) is 9.59 Å². The van der Waals surface area contributed by atoms with E-state index in [-0.39, 0.29) is 18.1 Å². The van der Waals surface area contributed by atoms with E-state index >= 15 is 0 Å². The monoisotopic (exact) mass is 303 g/mol. The molecule has 1 aliphatic rings. The first-order chi connectivity index (χ1) is 10.6. The third kappa shape index (κ3) is 3.24. The topological polar surface area (TPSA) is 52.7 Å². The van der Waals surface area contributed by atoms with Crippen molar-refractivity contribution >= 4 is 11.9 Å².